The van der Waals surface area contributed by atoms with E-state index in [0.29, 0.717) is 12.0 Å². The minimum Gasteiger partial charge on any atom is -0.373 e. The molecule has 2 aromatic rings. The Labute approximate surface area is 143 Å². The first kappa shape index (κ1) is 16.6. The minimum atomic E-state index is 0.336. The van der Waals surface area contributed by atoms with Crippen LogP contribution in [0.1, 0.15) is 48.2 Å². The van der Waals surface area contributed by atoms with Gasteiger partial charge in [-0.25, -0.2) is 0 Å². The molecule has 3 nitrogen and oxygen atoms in total. The summed E-state index contributed by atoms with van der Waals surface area (Å²) >= 11 is 1.91. The molecule has 3 heterocycles. The molecule has 1 saturated heterocycles. The fourth-order valence-electron chi connectivity index (χ4n) is 3.10. The molecule has 1 fully saturated rings. The molecule has 1 unspecified atom stereocenters. The second-order valence-corrected chi connectivity index (χ2v) is 7.89. The van der Waals surface area contributed by atoms with Gasteiger partial charge in [0.25, 0.3) is 0 Å². The summed E-state index contributed by atoms with van der Waals surface area (Å²) in [4.78, 5) is 9.79. The van der Waals surface area contributed by atoms with E-state index in [9.17, 15) is 0 Å². The molecule has 0 amide bonds. The van der Waals surface area contributed by atoms with Crippen LogP contribution < -0.4 is 0 Å². The molecule has 0 spiro atoms. The zero-order chi connectivity index (χ0) is 16.1. The van der Waals surface area contributed by atoms with Crippen molar-refractivity contribution in [3.05, 3.63) is 52.0 Å². The normalized spacial score (nSPS) is 18.2. The molecule has 0 bridgehead atoms. The van der Waals surface area contributed by atoms with Gasteiger partial charge in [-0.15, -0.1) is 11.3 Å². The van der Waals surface area contributed by atoms with Crippen LogP contribution >= 0.6 is 11.3 Å². The molecule has 0 radical (unpaired) electrons. The van der Waals surface area contributed by atoms with E-state index in [1.54, 1.807) is 0 Å². The van der Waals surface area contributed by atoms with E-state index in [0.717, 1.165) is 31.9 Å². The van der Waals surface area contributed by atoms with Crippen molar-refractivity contribution in [2.45, 2.75) is 45.9 Å². The second-order valence-electron chi connectivity index (χ2n) is 6.69. The molecule has 1 aliphatic rings. The highest BCUT2D eigenvalue weighted by molar-refractivity contribution is 7.12. The molecular formula is C19H26N2OS. The molecule has 0 aliphatic carbocycles. The van der Waals surface area contributed by atoms with Crippen LogP contribution in [0.15, 0.2) is 36.5 Å². The fraction of sp³-hybridized carbons (Fsp3) is 0.526. The minimum absolute atomic E-state index is 0.336. The average Bonchev–Trinajstić information content (AvgIpc) is 3.18. The summed E-state index contributed by atoms with van der Waals surface area (Å²) < 4.78 is 5.80. The Balaban J connectivity index is 1.65. The highest BCUT2D eigenvalue weighted by Crippen LogP contribution is 2.33. The molecule has 23 heavy (non-hydrogen) atoms. The number of thiophene rings is 1. The number of hydrogen-bond donors (Lipinski definition) is 0. The number of hydrogen-bond acceptors (Lipinski definition) is 4. The van der Waals surface area contributed by atoms with Crippen molar-refractivity contribution >= 4 is 11.3 Å². The summed E-state index contributed by atoms with van der Waals surface area (Å²) in [7, 11) is 0. The van der Waals surface area contributed by atoms with E-state index in [1.165, 1.54) is 22.6 Å². The summed E-state index contributed by atoms with van der Waals surface area (Å²) in [6, 6.07) is 10.7. The van der Waals surface area contributed by atoms with Gasteiger partial charge in [0.05, 0.1) is 11.8 Å². The lowest BCUT2D eigenvalue weighted by molar-refractivity contribution is 0.114. The maximum Gasteiger partial charge on any atom is 0.0917 e. The van der Waals surface area contributed by atoms with Crippen molar-refractivity contribution in [3.63, 3.8) is 0 Å². The lowest BCUT2D eigenvalue weighted by Gasteiger charge is -2.23. The van der Waals surface area contributed by atoms with E-state index in [1.807, 2.05) is 23.6 Å². The first-order chi connectivity index (χ1) is 11.2. The largest absolute Gasteiger partial charge is 0.373 e. The van der Waals surface area contributed by atoms with Crippen molar-refractivity contribution in [1.29, 1.82) is 0 Å². The lowest BCUT2D eigenvalue weighted by Crippen LogP contribution is -2.27. The topological polar surface area (TPSA) is 25.4 Å². The van der Waals surface area contributed by atoms with Crippen molar-refractivity contribution in [1.82, 2.24) is 9.88 Å². The summed E-state index contributed by atoms with van der Waals surface area (Å²) in [5.41, 5.74) is 1.14. The molecule has 124 valence electrons. The molecule has 3 rings (SSSR count). The third-order valence-corrected chi connectivity index (χ3v) is 5.21. The predicted molar refractivity (Wildman–Crippen MR) is 95.4 cm³/mol. The first-order valence-corrected chi connectivity index (χ1v) is 9.35. The van der Waals surface area contributed by atoms with Gasteiger partial charge in [-0.05, 0) is 43.0 Å². The van der Waals surface area contributed by atoms with Gasteiger partial charge in [0.15, 0.2) is 0 Å². The van der Waals surface area contributed by atoms with Gasteiger partial charge < -0.3 is 4.74 Å². The van der Waals surface area contributed by atoms with Crippen LogP contribution in [0.4, 0.5) is 0 Å². The monoisotopic (exact) mass is 330 g/mol. The van der Waals surface area contributed by atoms with Crippen LogP contribution in [0.25, 0.3) is 0 Å². The van der Waals surface area contributed by atoms with E-state index in [2.05, 4.69) is 48.0 Å². The Morgan fingerprint density at radius 2 is 2.17 bits per heavy atom. The second kappa shape index (κ2) is 8.04. The van der Waals surface area contributed by atoms with E-state index < -0.39 is 0 Å². The molecule has 0 saturated carbocycles. The van der Waals surface area contributed by atoms with E-state index in [4.69, 9.17) is 4.74 Å². The Morgan fingerprint density at radius 1 is 1.26 bits per heavy atom. The molecular weight excluding hydrogens is 304 g/mol. The van der Waals surface area contributed by atoms with Crippen LogP contribution in [0.2, 0.25) is 0 Å². The van der Waals surface area contributed by atoms with Crippen LogP contribution in [0.3, 0.4) is 0 Å². The molecule has 1 aliphatic heterocycles. The maximum atomic E-state index is 5.80. The smallest absolute Gasteiger partial charge is 0.0917 e. The van der Waals surface area contributed by atoms with Crippen molar-refractivity contribution < 1.29 is 4.74 Å². The summed E-state index contributed by atoms with van der Waals surface area (Å²) in [5, 5.41) is 0. The summed E-state index contributed by atoms with van der Waals surface area (Å²) in [6.45, 7) is 8.45. The maximum absolute atomic E-state index is 5.80. The van der Waals surface area contributed by atoms with Crippen LogP contribution in [-0.2, 0) is 17.8 Å². The van der Waals surface area contributed by atoms with Gasteiger partial charge in [-0.2, -0.15) is 0 Å². The molecule has 1 atom stereocenters. The Bertz CT molecular complexity index is 590. The van der Waals surface area contributed by atoms with Crippen LogP contribution in [-0.4, -0.2) is 23.0 Å². The molecule has 0 aromatic carbocycles. The number of rotatable bonds is 7. The summed E-state index contributed by atoms with van der Waals surface area (Å²) in [6.07, 6.45) is 4.58. The quantitative estimate of drug-likeness (QED) is 0.739. The Morgan fingerprint density at radius 3 is 2.87 bits per heavy atom. The third kappa shape index (κ3) is 4.87. The van der Waals surface area contributed by atoms with Gasteiger partial charge in [-0.3, -0.25) is 9.88 Å². The number of aromatic nitrogens is 1. The highest BCUT2D eigenvalue weighted by atomic mass is 32.1. The number of ether oxygens (including phenoxy) is 1. The third-order valence-electron chi connectivity index (χ3n) is 4.04. The number of nitrogens with zero attached hydrogens (tertiary/aromatic N) is 2. The molecule has 0 N–H and O–H groups in total. The zero-order valence-corrected chi connectivity index (χ0v) is 14.9. The standard InChI is InChI=1S/C19H26N2OS/c1-15(2)12-21(13-16-6-3-4-10-20-16)14-17-8-9-19(23-17)18-7-5-11-22-18/h3-4,6,8-10,15,18H,5,7,11-14H2,1-2H3. The van der Waals surface area contributed by atoms with Gasteiger partial charge in [0.2, 0.25) is 0 Å². The SMILES string of the molecule is CC(C)CN(Cc1ccccn1)Cc1ccc(C2CCCO2)s1. The Hall–Kier alpha value is -1.23. The Kier molecular flexibility index (Phi) is 5.81. The highest BCUT2D eigenvalue weighted by Gasteiger charge is 2.20. The summed E-state index contributed by atoms with van der Waals surface area (Å²) in [5.74, 6) is 0.649. The van der Waals surface area contributed by atoms with Crippen LogP contribution in [0.5, 0.6) is 0 Å². The van der Waals surface area contributed by atoms with E-state index in [-0.39, 0.29) is 0 Å². The molecule has 2 aromatic heterocycles. The van der Waals surface area contributed by atoms with Gasteiger partial charge >= 0.3 is 0 Å². The molecule has 4 heteroatoms. The lowest BCUT2D eigenvalue weighted by atomic mass is 10.2. The van der Waals surface area contributed by atoms with Gasteiger partial charge in [-0.1, -0.05) is 19.9 Å². The van der Waals surface area contributed by atoms with Gasteiger partial charge in [0, 0.05) is 42.2 Å². The van der Waals surface area contributed by atoms with Crippen molar-refractivity contribution in [3.8, 4) is 0 Å². The first-order valence-electron chi connectivity index (χ1n) is 8.53. The number of pyridine rings is 1. The zero-order valence-electron chi connectivity index (χ0n) is 14.1. The van der Waals surface area contributed by atoms with Crippen LogP contribution in [0, 0.1) is 5.92 Å². The van der Waals surface area contributed by atoms with Crippen molar-refractivity contribution in [2.75, 3.05) is 13.2 Å². The van der Waals surface area contributed by atoms with Gasteiger partial charge in [0.1, 0.15) is 0 Å². The van der Waals surface area contributed by atoms with Crippen molar-refractivity contribution in [2.24, 2.45) is 5.92 Å². The predicted octanol–water partition coefficient (Wildman–Crippen LogP) is 4.65. The van der Waals surface area contributed by atoms with E-state index >= 15 is 0 Å². The fourth-order valence-corrected chi connectivity index (χ4v) is 4.24. The average molecular weight is 330 g/mol.